The first-order chi connectivity index (χ1) is 10.2. The van der Waals surface area contributed by atoms with Crippen LogP contribution in [0.4, 0.5) is 0 Å². The van der Waals surface area contributed by atoms with Crippen molar-refractivity contribution in [1.29, 1.82) is 0 Å². The predicted octanol–water partition coefficient (Wildman–Crippen LogP) is 1.05. The molecule has 0 saturated carbocycles. The number of aromatic nitrogens is 2. The first-order valence-electron chi connectivity index (χ1n) is 8.24. The molecule has 0 spiro atoms. The van der Waals surface area contributed by atoms with E-state index in [0.29, 0.717) is 12.6 Å². The van der Waals surface area contributed by atoms with Crippen LogP contribution in [0.25, 0.3) is 0 Å². The van der Waals surface area contributed by atoms with Crippen LogP contribution in [0.15, 0.2) is 18.5 Å². The third-order valence-electron chi connectivity index (χ3n) is 5.52. The molecule has 5 heteroatoms. The maximum absolute atomic E-state index is 9.93. The molecular weight excluding hydrogens is 264 g/mol. The molecule has 2 aliphatic rings. The fourth-order valence-electron chi connectivity index (χ4n) is 4.17. The number of likely N-dealkylation sites (tertiary alicyclic amines) is 2. The largest absolute Gasteiger partial charge is 0.396 e. The lowest BCUT2D eigenvalue weighted by Gasteiger charge is -2.53. The van der Waals surface area contributed by atoms with Crippen molar-refractivity contribution in [2.24, 2.45) is 5.41 Å². The van der Waals surface area contributed by atoms with Crippen molar-refractivity contribution in [3.63, 3.8) is 0 Å². The number of hydrogen-bond donors (Lipinski definition) is 1. The van der Waals surface area contributed by atoms with Gasteiger partial charge in [-0.05, 0) is 58.4 Å². The quantitative estimate of drug-likeness (QED) is 0.881. The highest BCUT2D eigenvalue weighted by Crippen LogP contribution is 2.41. The topological polar surface area (TPSA) is 44.5 Å². The van der Waals surface area contributed by atoms with E-state index in [4.69, 9.17) is 0 Å². The highest BCUT2D eigenvalue weighted by Gasteiger charge is 2.46. The number of rotatable bonds is 5. The molecule has 0 bridgehead atoms. The Morgan fingerprint density at radius 2 is 2.19 bits per heavy atom. The normalized spacial score (nSPS) is 31.2. The van der Waals surface area contributed by atoms with Gasteiger partial charge in [-0.1, -0.05) is 0 Å². The Morgan fingerprint density at radius 1 is 1.29 bits per heavy atom. The minimum atomic E-state index is 0.158. The van der Waals surface area contributed by atoms with Crippen LogP contribution in [0.2, 0.25) is 0 Å². The second-order valence-corrected chi connectivity index (χ2v) is 6.79. The number of fused-ring (bicyclic) bond motifs is 1. The summed E-state index contributed by atoms with van der Waals surface area (Å²) < 4.78 is 2.01. The second kappa shape index (κ2) is 6.46. The van der Waals surface area contributed by atoms with Crippen LogP contribution in [-0.4, -0.2) is 70.6 Å². The van der Waals surface area contributed by atoms with Crippen molar-refractivity contribution in [1.82, 2.24) is 19.6 Å². The van der Waals surface area contributed by atoms with Crippen molar-refractivity contribution >= 4 is 0 Å². The number of aliphatic hydroxyl groups excluding tert-OH is 1. The van der Waals surface area contributed by atoms with E-state index in [-0.39, 0.29) is 5.41 Å². The number of piperidine rings is 2. The maximum Gasteiger partial charge on any atom is 0.0503 e. The van der Waals surface area contributed by atoms with Gasteiger partial charge in [0.15, 0.2) is 0 Å². The number of nitrogens with zero attached hydrogens (tertiary/aromatic N) is 4. The van der Waals surface area contributed by atoms with E-state index in [1.165, 1.54) is 19.4 Å². The molecule has 21 heavy (non-hydrogen) atoms. The van der Waals surface area contributed by atoms with Crippen LogP contribution in [-0.2, 0) is 6.54 Å². The van der Waals surface area contributed by atoms with Gasteiger partial charge in [0.1, 0.15) is 0 Å². The summed E-state index contributed by atoms with van der Waals surface area (Å²) in [5.41, 5.74) is 0.158. The summed E-state index contributed by atoms with van der Waals surface area (Å²) in [6.07, 6.45) is 8.58. The summed E-state index contributed by atoms with van der Waals surface area (Å²) in [6, 6.07) is 2.50. The molecule has 0 aliphatic carbocycles. The Bertz CT molecular complexity index is 435. The lowest BCUT2D eigenvalue weighted by Crippen LogP contribution is -2.61. The molecule has 118 valence electrons. The molecular formula is C16H28N4O. The molecule has 3 heterocycles. The van der Waals surface area contributed by atoms with Crippen molar-refractivity contribution < 1.29 is 5.11 Å². The SMILES string of the molecule is CN1CCC[C@]2(CO)CCN(CCCn3cccn3)C[C@@H]12. The van der Waals surface area contributed by atoms with Gasteiger partial charge in [-0.2, -0.15) is 5.10 Å². The lowest BCUT2D eigenvalue weighted by molar-refractivity contribution is -0.0669. The van der Waals surface area contributed by atoms with E-state index in [0.717, 1.165) is 39.0 Å². The maximum atomic E-state index is 9.93. The average molecular weight is 292 g/mol. The third kappa shape index (κ3) is 3.15. The van der Waals surface area contributed by atoms with E-state index < -0.39 is 0 Å². The molecule has 3 rings (SSSR count). The molecule has 1 aromatic heterocycles. The predicted molar refractivity (Wildman–Crippen MR) is 83.1 cm³/mol. The summed E-state index contributed by atoms with van der Waals surface area (Å²) in [4.78, 5) is 5.04. The first-order valence-corrected chi connectivity index (χ1v) is 8.24. The summed E-state index contributed by atoms with van der Waals surface area (Å²) >= 11 is 0. The Morgan fingerprint density at radius 3 is 2.95 bits per heavy atom. The first kappa shape index (κ1) is 15.0. The number of likely N-dealkylation sites (N-methyl/N-ethyl adjacent to an activating group) is 1. The molecule has 1 aromatic rings. The van der Waals surface area contributed by atoms with Crippen molar-refractivity contribution in [3.05, 3.63) is 18.5 Å². The van der Waals surface area contributed by atoms with Crippen LogP contribution in [0.1, 0.15) is 25.7 Å². The minimum absolute atomic E-state index is 0.158. The molecule has 0 radical (unpaired) electrons. The van der Waals surface area contributed by atoms with Crippen LogP contribution < -0.4 is 0 Å². The standard InChI is InChI=1S/C16H28N4O/c1-18-8-2-5-16(14-21)6-12-19(13-15(16)18)9-4-11-20-10-3-7-17-20/h3,7,10,15,21H,2,4-6,8-9,11-14H2,1H3/t15-,16-/m1/s1. The lowest BCUT2D eigenvalue weighted by atomic mass is 9.69. The number of aryl methyl sites for hydroxylation is 1. The zero-order chi connectivity index (χ0) is 14.7. The molecule has 2 fully saturated rings. The van der Waals surface area contributed by atoms with Gasteiger partial charge in [0.2, 0.25) is 0 Å². The summed E-state index contributed by atoms with van der Waals surface area (Å²) in [6.45, 7) is 5.89. The molecule has 2 saturated heterocycles. The zero-order valence-electron chi connectivity index (χ0n) is 13.1. The second-order valence-electron chi connectivity index (χ2n) is 6.79. The highest BCUT2D eigenvalue weighted by atomic mass is 16.3. The van der Waals surface area contributed by atoms with E-state index >= 15 is 0 Å². The van der Waals surface area contributed by atoms with Gasteiger partial charge in [0.05, 0.1) is 6.61 Å². The third-order valence-corrected chi connectivity index (χ3v) is 5.52. The zero-order valence-corrected chi connectivity index (χ0v) is 13.1. The van der Waals surface area contributed by atoms with E-state index in [1.54, 1.807) is 0 Å². The molecule has 0 aromatic carbocycles. The molecule has 2 atom stereocenters. The smallest absolute Gasteiger partial charge is 0.0503 e. The highest BCUT2D eigenvalue weighted by molar-refractivity contribution is 5.00. The van der Waals surface area contributed by atoms with E-state index in [1.807, 2.05) is 23.1 Å². The van der Waals surface area contributed by atoms with Gasteiger partial charge in [0, 0.05) is 36.9 Å². The summed E-state index contributed by atoms with van der Waals surface area (Å²) in [7, 11) is 2.22. The fourth-order valence-corrected chi connectivity index (χ4v) is 4.17. The average Bonchev–Trinajstić information content (AvgIpc) is 3.01. The van der Waals surface area contributed by atoms with Crippen molar-refractivity contribution in [2.45, 2.75) is 38.3 Å². The van der Waals surface area contributed by atoms with Gasteiger partial charge < -0.3 is 14.9 Å². The molecule has 5 nitrogen and oxygen atoms in total. The van der Waals surface area contributed by atoms with Gasteiger partial charge in [-0.3, -0.25) is 4.68 Å². The Kier molecular flexibility index (Phi) is 4.62. The van der Waals surface area contributed by atoms with Crippen LogP contribution in [0.3, 0.4) is 0 Å². The number of aliphatic hydroxyl groups is 1. The van der Waals surface area contributed by atoms with Crippen LogP contribution in [0.5, 0.6) is 0 Å². The molecule has 0 amide bonds. The van der Waals surface area contributed by atoms with Crippen LogP contribution in [0, 0.1) is 5.41 Å². The van der Waals surface area contributed by atoms with Crippen molar-refractivity contribution in [2.75, 3.05) is 39.8 Å². The molecule has 2 aliphatic heterocycles. The fraction of sp³-hybridized carbons (Fsp3) is 0.812. The molecule has 0 unspecified atom stereocenters. The van der Waals surface area contributed by atoms with E-state index in [2.05, 4.69) is 21.9 Å². The van der Waals surface area contributed by atoms with E-state index in [9.17, 15) is 5.11 Å². The van der Waals surface area contributed by atoms with Crippen LogP contribution >= 0.6 is 0 Å². The number of hydrogen-bond acceptors (Lipinski definition) is 4. The Hall–Kier alpha value is -0.910. The van der Waals surface area contributed by atoms with Gasteiger partial charge in [-0.15, -0.1) is 0 Å². The minimum Gasteiger partial charge on any atom is -0.396 e. The van der Waals surface area contributed by atoms with Crippen molar-refractivity contribution in [3.8, 4) is 0 Å². The van der Waals surface area contributed by atoms with Gasteiger partial charge >= 0.3 is 0 Å². The monoisotopic (exact) mass is 292 g/mol. The van der Waals surface area contributed by atoms with Gasteiger partial charge in [0.25, 0.3) is 0 Å². The van der Waals surface area contributed by atoms with Gasteiger partial charge in [-0.25, -0.2) is 0 Å². The summed E-state index contributed by atoms with van der Waals surface area (Å²) in [5.74, 6) is 0. The summed E-state index contributed by atoms with van der Waals surface area (Å²) in [5, 5.41) is 14.2. The Labute approximate surface area is 127 Å². The Balaban J connectivity index is 1.53. The molecule has 1 N–H and O–H groups in total.